The van der Waals surface area contributed by atoms with Crippen LogP contribution in [0.5, 0.6) is 5.75 Å². The Labute approximate surface area is 183 Å². The van der Waals surface area contributed by atoms with E-state index in [0.717, 1.165) is 31.4 Å². The molecule has 0 radical (unpaired) electrons. The Morgan fingerprint density at radius 1 is 1.26 bits per heavy atom. The molecule has 1 unspecified atom stereocenters. The Morgan fingerprint density at radius 2 is 2.03 bits per heavy atom. The lowest BCUT2D eigenvalue weighted by molar-refractivity contribution is -0.123. The highest BCUT2D eigenvalue weighted by Gasteiger charge is 2.26. The molecule has 1 aliphatic carbocycles. The third-order valence-electron chi connectivity index (χ3n) is 4.88. The molecule has 1 amide bonds. The van der Waals surface area contributed by atoms with E-state index in [-0.39, 0.29) is 19.1 Å². The van der Waals surface area contributed by atoms with Crippen LogP contribution >= 0.6 is 0 Å². The van der Waals surface area contributed by atoms with Gasteiger partial charge in [-0.3, -0.25) is 4.79 Å². The van der Waals surface area contributed by atoms with Gasteiger partial charge in [-0.2, -0.15) is 0 Å². The second-order valence-electron chi connectivity index (χ2n) is 7.90. The van der Waals surface area contributed by atoms with Crippen molar-refractivity contribution in [2.24, 2.45) is 4.99 Å². The van der Waals surface area contributed by atoms with E-state index in [1.165, 1.54) is 6.26 Å². The molecule has 1 saturated carbocycles. The molecule has 0 aliphatic heterocycles. The molecular weight excluding hydrogens is 396 g/mol. The average molecular weight is 429 g/mol. The lowest BCUT2D eigenvalue weighted by Gasteiger charge is -2.19. The van der Waals surface area contributed by atoms with E-state index in [1.807, 2.05) is 31.2 Å². The number of rotatable bonds is 11. The fraction of sp³-hybridized carbons (Fsp3) is 0.478. The van der Waals surface area contributed by atoms with Gasteiger partial charge in [-0.25, -0.2) is 4.99 Å². The number of guanidine groups is 1. The van der Waals surface area contributed by atoms with Crippen molar-refractivity contribution >= 4 is 11.9 Å². The summed E-state index contributed by atoms with van der Waals surface area (Å²) in [5.74, 6) is 1.73. The van der Waals surface area contributed by atoms with Gasteiger partial charge in [0.25, 0.3) is 5.91 Å². The minimum absolute atomic E-state index is 0.0433. The largest absolute Gasteiger partial charge is 0.484 e. The zero-order valence-electron chi connectivity index (χ0n) is 18.2. The van der Waals surface area contributed by atoms with Gasteiger partial charge in [0.05, 0.1) is 12.8 Å². The third kappa shape index (κ3) is 7.64. The van der Waals surface area contributed by atoms with Crippen LogP contribution in [0.1, 0.15) is 38.0 Å². The molecule has 8 nitrogen and oxygen atoms in total. The van der Waals surface area contributed by atoms with E-state index in [4.69, 9.17) is 9.15 Å². The number of aliphatic hydroxyl groups is 1. The highest BCUT2D eigenvalue weighted by atomic mass is 16.5. The Kier molecular flexibility index (Phi) is 7.94. The summed E-state index contributed by atoms with van der Waals surface area (Å²) in [6.07, 6.45) is 4.47. The molecule has 1 fully saturated rings. The van der Waals surface area contributed by atoms with E-state index < -0.39 is 5.60 Å². The van der Waals surface area contributed by atoms with Crippen molar-refractivity contribution in [3.63, 3.8) is 0 Å². The fourth-order valence-corrected chi connectivity index (χ4v) is 2.96. The summed E-state index contributed by atoms with van der Waals surface area (Å²) in [5.41, 5.74) is -0.0299. The summed E-state index contributed by atoms with van der Waals surface area (Å²) in [5, 5.41) is 19.9. The van der Waals surface area contributed by atoms with E-state index in [9.17, 15) is 9.90 Å². The molecule has 1 aromatic carbocycles. The minimum atomic E-state index is -1.17. The van der Waals surface area contributed by atoms with Crippen LogP contribution in [0.2, 0.25) is 0 Å². The minimum Gasteiger partial charge on any atom is -0.484 e. The number of nitrogens with zero attached hydrogens (tertiary/aromatic N) is 1. The van der Waals surface area contributed by atoms with Crippen LogP contribution < -0.4 is 20.7 Å². The topological polar surface area (TPSA) is 108 Å². The molecule has 1 aromatic heterocycles. The van der Waals surface area contributed by atoms with E-state index in [1.54, 1.807) is 19.1 Å². The van der Waals surface area contributed by atoms with Gasteiger partial charge in [0, 0.05) is 19.1 Å². The van der Waals surface area contributed by atoms with Crippen LogP contribution in [0, 0.1) is 0 Å². The number of furan rings is 1. The summed E-state index contributed by atoms with van der Waals surface area (Å²) in [7, 11) is 0. The predicted octanol–water partition coefficient (Wildman–Crippen LogP) is 1.94. The van der Waals surface area contributed by atoms with Crippen LogP contribution in [-0.2, 0) is 16.8 Å². The molecule has 1 atom stereocenters. The molecule has 0 saturated heterocycles. The van der Waals surface area contributed by atoms with Gasteiger partial charge < -0.3 is 30.2 Å². The van der Waals surface area contributed by atoms with Crippen molar-refractivity contribution in [2.75, 3.05) is 26.2 Å². The van der Waals surface area contributed by atoms with Crippen molar-refractivity contribution < 1.29 is 19.1 Å². The van der Waals surface area contributed by atoms with Gasteiger partial charge in [-0.05, 0) is 62.9 Å². The maximum atomic E-state index is 11.7. The number of nitrogens with one attached hydrogen (secondary N) is 3. The molecule has 4 N–H and O–H groups in total. The molecule has 0 bridgehead atoms. The number of aliphatic imine (C=N–C) groups is 1. The zero-order valence-corrected chi connectivity index (χ0v) is 18.2. The van der Waals surface area contributed by atoms with Gasteiger partial charge in [0.2, 0.25) is 0 Å². The first-order chi connectivity index (χ1) is 15.0. The summed E-state index contributed by atoms with van der Waals surface area (Å²) in [6.45, 7) is 5.29. The van der Waals surface area contributed by atoms with Crippen molar-refractivity contribution in [3.8, 4) is 5.75 Å². The molecule has 0 spiro atoms. The smallest absolute Gasteiger partial charge is 0.258 e. The summed E-state index contributed by atoms with van der Waals surface area (Å²) in [4.78, 5) is 16.2. The zero-order chi connectivity index (χ0) is 22.1. The fourth-order valence-electron chi connectivity index (χ4n) is 2.96. The number of hydrogen-bond acceptors (Lipinski definition) is 5. The van der Waals surface area contributed by atoms with Crippen LogP contribution in [0.15, 0.2) is 52.1 Å². The van der Waals surface area contributed by atoms with E-state index in [0.29, 0.717) is 30.1 Å². The summed E-state index contributed by atoms with van der Waals surface area (Å²) >= 11 is 0. The highest BCUT2D eigenvalue weighted by Crippen LogP contribution is 2.21. The van der Waals surface area contributed by atoms with Gasteiger partial charge in [-0.15, -0.1) is 0 Å². The summed E-state index contributed by atoms with van der Waals surface area (Å²) in [6, 6.07) is 11.6. The first kappa shape index (κ1) is 22.7. The number of ether oxygens (including phenoxy) is 1. The van der Waals surface area contributed by atoms with Crippen molar-refractivity contribution in [1.82, 2.24) is 16.0 Å². The number of carbonyl (C=O) groups excluding carboxylic acids is 1. The first-order valence-corrected chi connectivity index (χ1v) is 10.8. The summed E-state index contributed by atoms with van der Waals surface area (Å²) < 4.78 is 10.8. The quantitative estimate of drug-likeness (QED) is 0.322. The maximum Gasteiger partial charge on any atom is 0.258 e. The first-order valence-electron chi connectivity index (χ1n) is 10.8. The van der Waals surface area contributed by atoms with Gasteiger partial charge in [0.1, 0.15) is 17.1 Å². The SMILES string of the molecule is CCNC(=NCC(C)(O)c1ccco1)NCCc1ccc(OCC(=O)NC2CC2)cc1. The van der Waals surface area contributed by atoms with E-state index >= 15 is 0 Å². The van der Waals surface area contributed by atoms with Gasteiger partial charge in [0.15, 0.2) is 12.6 Å². The number of benzene rings is 1. The van der Waals surface area contributed by atoms with Crippen LogP contribution in [0.4, 0.5) is 0 Å². The standard InChI is InChI=1S/C23H32N4O4/c1-3-24-22(26-16-23(2,29)20-5-4-14-30-20)25-13-12-17-6-10-19(11-7-17)31-15-21(28)27-18-8-9-18/h4-7,10-11,14,18,29H,3,8-9,12-13,15-16H2,1-2H3,(H,27,28)(H2,24,25,26). The maximum absolute atomic E-state index is 11.7. The van der Waals surface area contributed by atoms with Gasteiger partial charge in [-0.1, -0.05) is 12.1 Å². The molecule has 8 heteroatoms. The molecule has 2 aromatic rings. The highest BCUT2D eigenvalue weighted by molar-refractivity contribution is 5.79. The third-order valence-corrected chi connectivity index (χ3v) is 4.88. The molecular formula is C23H32N4O4. The Bertz CT molecular complexity index is 843. The second kappa shape index (κ2) is 10.9. The van der Waals surface area contributed by atoms with Crippen LogP contribution in [-0.4, -0.2) is 49.3 Å². The van der Waals surface area contributed by atoms with Crippen LogP contribution in [0.3, 0.4) is 0 Å². The molecule has 31 heavy (non-hydrogen) atoms. The van der Waals surface area contributed by atoms with Crippen molar-refractivity contribution in [2.45, 2.75) is 44.8 Å². The second-order valence-corrected chi connectivity index (χ2v) is 7.90. The van der Waals surface area contributed by atoms with Crippen molar-refractivity contribution in [3.05, 3.63) is 54.0 Å². The number of carbonyl (C=O) groups is 1. The Balaban J connectivity index is 1.42. The Hall–Kier alpha value is -3.00. The number of hydrogen-bond donors (Lipinski definition) is 4. The average Bonchev–Trinajstić information content (AvgIpc) is 3.38. The predicted molar refractivity (Wildman–Crippen MR) is 119 cm³/mol. The molecule has 3 rings (SSSR count). The van der Waals surface area contributed by atoms with Gasteiger partial charge >= 0.3 is 0 Å². The van der Waals surface area contributed by atoms with E-state index in [2.05, 4.69) is 20.9 Å². The number of amides is 1. The van der Waals surface area contributed by atoms with Crippen LogP contribution in [0.25, 0.3) is 0 Å². The lowest BCUT2D eigenvalue weighted by Crippen LogP contribution is -2.39. The Morgan fingerprint density at radius 3 is 2.68 bits per heavy atom. The normalized spacial score (nSPS) is 15.8. The monoisotopic (exact) mass is 428 g/mol. The lowest BCUT2D eigenvalue weighted by atomic mass is 10.0. The molecule has 1 heterocycles. The molecule has 1 aliphatic rings. The molecule has 168 valence electrons. The van der Waals surface area contributed by atoms with Crippen molar-refractivity contribution in [1.29, 1.82) is 0 Å².